The maximum Gasteiger partial charge on any atom is 0.481 e. The Kier molecular flexibility index (Phi) is 11.1. The third kappa shape index (κ3) is 8.43. The number of hydrogen-bond acceptors (Lipinski definition) is 7. The standard InChI is InChI=1S/C32H57BN4O6SSi/c1-30(2,3)41-29(40)35-22(19-45(7,8)9)28(39)37-16-12-13-23(37)27(38)36-26(14-10-11-15-34-20-44)33-42-25-18-21-17-24(31(21,4)5)32(25,6)43-33/h20-26H,10-19H2,1-9H3,(H,34,44)(H,35,40)(H,36,38)/t21-,22+,23-,24-,25+,26-,32-/m0/s1. The zero-order chi connectivity index (χ0) is 33.4. The lowest BCUT2D eigenvalue weighted by Crippen LogP contribution is -2.65. The minimum Gasteiger partial charge on any atom is -0.444 e. The summed E-state index contributed by atoms with van der Waals surface area (Å²) in [6.45, 7) is 20.0. The highest BCUT2D eigenvalue weighted by atomic mass is 32.1. The van der Waals surface area contributed by atoms with E-state index in [2.05, 4.69) is 56.4 Å². The number of likely N-dealkylation sites (tertiary alicyclic amines) is 1. The van der Waals surface area contributed by atoms with Gasteiger partial charge in [-0.05, 0) is 89.5 Å². The van der Waals surface area contributed by atoms with Crippen molar-refractivity contribution < 1.29 is 28.4 Å². The molecule has 3 saturated carbocycles. The molecule has 2 saturated heterocycles. The Morgan fingerprint density at radius 2 is 1.84 bits per heavy atom. The molecule has 5 fully saturated rings. The van der Waals surface area contributed by atoms with E-state index in [4.69, 9.17) is 26.3 Å². The lowest BCUT2D eigenvalue weighted by molar-refractivity contribution is -0.199. The van der Waals surface area contributed by atoms with Crippen molar-refractivity contribution in [2.75, 3.05) is 13.1 Å². The molecule has 2 bridgehead atoms. The predicted octanol–water partition coefficient (Wildman–Crippen LogP) is 4.68. The number of hydrogen-bond donors (Lipinski definition) is 3. The van der Waals surface area contributed by atoms with Gasteiger partial charge in [0, 0.05) is 21.2 Å². The smallest absolute Gasteiger partial charge is 0.444 e. The molecule has 0 aromatic carbocycles. The number of ether oxygens (including phenoxy) is 1. The van der Waals surface area contributed by atoms with Gasteiger partial charge in [0.15, 0.2) is 0 Å². The van der Waals surface area contributed by atoms with Gasteiger partial charge >= 0.3 is 13.2 Å². The molecule has 0 aromatic rings. The first-order valence-corrected chi connectivity index (χ1v) is 21.1. The monoisotopic (exact) mass is 664 g/mol. The highest BCUT2D eigenvalue weighted by Gasteiger charge is 2.68. The number of nitrogens with one attached hydrogen (secondary N) is 3. The topological polar surface area (TPSA) is 118 Å². The summed E-state index contributed by atoms with van der Waals surface area (Å²) in [5, 5.41) is 9.19. The van der Waals surface area contributed by atoms with Crippen molar-refractivity contribution in [1.82, 2.24) is 20.9 Å². The summed E-state index contributed by atoms with van der Waals surface area (Å²) in [4.78, 5) is 42.4. The summed E-state index contributed by atoms with van der Waals surface area (Å²) < 4.78 is 18.9. The molecule has 254 valence electrons. The molecular weight excluding hydrogens is 607 g/mol. The van der Waals surface area contributed by atoms with Crippen LogP contribution in [-0.4, -0.2) is 91.9 Å². The molecule has 3 amide bonds. The van der Waals surface area contributed by atoms with E-state index < -0.39 is 39.0 Å². The van der Waals surface area contributed by atoms with Crippen LogP contribution in [-0.2, 0) is 23.6 Å². The Hall–Kier alpha value is -1.70. The summed E-state index contributed by atoms with van der Waals surface area (Å²) >= 11 is 4.90. The normalized spacial score (nSPS) is 30.1. The number of unbranched alkanes of at least 4 members (excludes halogenated alkanes) is 1. The second-order valence-corrected chi connectivity index (χ2v) is 22.4. The molecule has 0 aromatic heterocycles. The van der Waals surface area contributed by atoms with Crippen LogP contribution < -0.4 is 16.0 Å². The van der Waals surface area contributed by atoms with Gasteiger partial charge in [0.05, 0.1) is 23.1 Å². The number of alkyl carbamates (subject to hydrolysis) is 1. The van der Waals surface area contributed by atoms with Gasteiger partial charge in [0.25, 0.3) is 0 Å². The quantitative estimate of drug-likeness (QED) is 0.148. The lowest BCUT2D eigenvalue weighted by Gasteiger charge is -2.64. The molecule has 3 N–H and O–H groups in total. The van der Waals surface area contributed by atoms with Crippen LogP contribution in [0.25, 0.3) is 0 Å². The average Bonchev–Trinajstić information content (AvgIpc) is 3.54. The molecule has 5 rings (SSSR count). The first-order chi connectivity index (χ1) is 20.9. The van der Waals surface area contributed by atoms with Crippen LogP contribution in [0.3, 0.4) is 0 Å². The SMILES string of the molecule is CC(C)(C)OC(=O)N[C@H](C[Si](C)(C)C)C(=O)N1CCC[C@H]1C(=O)N[C@@H](CCCCNC=S)B1O[C@@H]2C[C@@H]3C[C@@H](C3(C)C)[C@]2(C)O1. The van der Waals surface area contributed by atoms with Gasteiger partial charge in [-0.2, -0.15) is 0 Å². The summed E-state index contributed by atoms with van der Waals surface area (Å²) in [7, 11) is -2.32. The van der Waals surface area contributed by atoms with E-state index in [1.54, 1.807) is 25.7 Å². The van der Waals surface area contributed by atoms with Crippen molar-refractivity contribution in [2.45, 2.75) is 148 Å². The van der Waals surface area contributed by atoms with E-state index in [-0.39, 0.29) is 34.9 Å². The van der Waals surface area contributed by atoms with Crippen molar-refractivity contribution in [2.24, 2.45) is 17.3 Å². The van der Waals surface area contributed by atoms with Crippen molar-refractivity contribution in [1.29, 1.82) is 0 Å². The second kappa shape index (κ2) is 13.8. The van der Waals surface area contributed by atoms with Crippen LogP contribution in [0.1, 0.15) is 86.5 Å². The summed E-state index contributed by atoms with van der Waals surface area (Å²) in [6, 6.07) is -0.813. The van der Waals surface area contributed by atoms with Crippen molar-refractivity contribution >= 4 is 50.8 Å². The average molecular weight is 665 g/mol. The maximum atomic E-state index is 14.0. The van der Waals surface area contributed by atoms with Gasteiger partial charge in [-0.1, -0.05) is 52.1 Å². The minimum absolute atomic E-state index is 0.0148. The summed E-state index contributed by atoms with van der Waals surface area (Å²) in [5.74, 6) is 0.294. The van der Waals surface area contributed by atoms with Gasteiger partial charge < -0.3 is 34.9 Å². The third-order valence-corrected chi connectivity index (χ3v) is 12.2. The molecule has 2 heterocycles. The van der Waals surface area contributed by atoms with E-state index in [0.717, 1.165) is 38.6 Å². The van der Waals surface area contributed by atoms with Gasteiger partial charge in [0.2, 0.25) is 11.8 Å². The number of amides is 3. The fourth-order valence-electron chi connectivity index (χ4n) is 8.04. The minimum atomic E-state index is -1.78. The number of rotatable bonds is 13. The van der Waals surface area contributed by atoms with Gasteiger partial charge in [-0.3, -0.25) is 9.59 Å². The highest BCUT2D eigenvalue weighted by Crippen LogP contribution is 2.65. The van der Waals surface area contributed by atoms with E-state index in [1.807, 2.05) is 0 Å². The van der Waals surface area contributed by atoms with Crippen molar-refractivity contribution in [3.63, 3.8) is 0 Å². The zero-order valence-electron chi connectivity index (χ0n) is 29.0. The summed E-state index contributed by atoms with van der Waals surface area (Å²) in [6.07, 6.45) is 5.26. The molecule has 0 spiro atoms. The molecule has 13 heteroatoms. The summed E-state index contributed by atoms with van der Waals surface area (Å²) in [5.41, 5.74) is 0.688. The maximum absolute atomic E-state index is 14.0. The number of nitrogens with zero attached hydrogens (tertiary/aromatic N) is 1. The molecule has 0 radical (unpaired) electrons. The van der Waals surface area contributed by atoms with Crippen LogP contribution in [0, 0.1) is 17.3 Å². The second-order valence-electron chi connectivity index (χ2n) is 16.7. The number of thiocarbonyl (C=S) groups is 1. The van der Waals surface area contributed by atoms with Gasteiger partial charge in [-0.15, -0.1) is 0 Å². The van der Waals surface area contributed by atoms with Gasteiger partial charge in [0.1, 0.15) is 17.7 Å². The van der Waals surface area contributed by atoms with E-state index in [9.17, 15) is 14.4 Å². The molecule has 7 atom stereocenters. The molecule has 5 aliphatic rings. The van der Waals surface area contributed by atoms with Crippen molar-refractivity contribution in [3.05, 3.63) is 0 Å². The van der Waals surface area contributed by atoms with E-state index >= 15 is 0 Å². The largest absolute Gasteiger partial charge is 0.481 e. The van der Waals surface area contributed by atoms with Crippen molar-refractivity contribution in [3.8, 4) is 0 Å². The van der Waals surface area contributed by atoms with Crippen LogP contribution in [0.4, 0.5) is 4.79 Å². The van der Waals surface area contributed by atoms with Crippen LogP contribution in [0.15, 0.2) is 0 Å². The Labute approximate surface area is 277 Å². The fraction of sp³-hybridized carbons (Fsp3) is 0.875. The number of carbonyl (C=O) groups is 3. The fourth-order valence-corrected chi connectivity index (χ4v) is 9.66. The molecule has 45 heavy (non-hydrogen) atoms. The Morgan fingerprint density at radius 1 is 1.13 bits per heavy atom. The zero-order valence-corrected chi connectivity index (χ0v) is 30.8. The van der Waals surface area contributed by atoms with E-state index in [1.165, 1.54) is 5.49 Å². The molecule has 10 nitrogen and oxygen atoms in total. The Balaban J connectivity index is 1.47. The first kappa shape index (κ1) is 36.1. The van der Waals surface area contributed by atoms with Crippen LogP contribution >= 0.6 is 12.2 Å². The third-order valence-electron chi connectivity index (χ3n) is 10.4. The molecular formula is C32H57BN4O6SSi. The van der Waals surface area contributed by atoms with E-state index in [0.29, 0.717) is 37.3 Å². The predicted molar refractivity (Wildman–Crippen MR) is 184 cm³/mol. The molecule has 2 aliphatic heterocycles. The molecule has 0 unspecified atom stereocenters. The molecule has 3 aliphatic carbocycles. The Bertz CT molecular complexity index is 1120. The lowest BCUT2D eigenvalue weighted by atomic mass is 9.43. The highest BCUT2D eigenvalue weighted by molar-refractivity contribution is 7.78. The van der Waals surface area contributed by atoms with Crippen LogP contribution in [0.5, 0.6) is 0 Å². The van der Waals surface area contributed by atoms with Crippen LogP contribution in [0.2, 0.25) is 25.7 Å². The Morgan fingerprint density at radius 3 is 2.47 bits per heavy atom. The van der Waals surface area contributed by atoms with Gasteiger partial charge in [-0.25, -0.2) is 4.79 Å². The first-order valence-electron chi connectivity index (χ1n) is 17.0. The number of carbonyl (C=O) groups excluding carboxylic acids is 3.